The summed E-state index contributed by atoms with van der Waals surface area (Å²) in [5.41, 5.74) is 1.50. The van der Waals surface area contributed by atoms with Crippen LogP contribution in [0.4, 0.5) is 0 Å². The normalized spacial score (nSPS) is 21.6. The molecule has 0 saturated carbocycles. The zero-order chi connectivity index (χ0) is 15.0. The average molecular weight is 288 g/mol. The maximum absolute atomic E-state index is 12.4. The zero-order valence-corrected chi connectivity index (χ0v) is 11.6. The number of carboxylic acids is 1. The van der Waals surface area contributed by atoms with Crippen LogP contribution in [0.1, 0.15) is 10.4 Å². The molecular formula is C15H16N2O4. The molecule has 3 rings (SSSR count). The Kier molecular flexibility index (Phi) is 3.39. The molecule has 2 heterocycles. The standard InChI is InChI=1S/C15H16N2O4/c1-17-6-10(9-4-2-3-5-13(9)17)14(18)16-12-8-21-7-11(12)15(19)20/h2-6,11-12H,7-8H2,1H3,(H,16,18)(H,19,20). The summed E-state index contributed by atoms with van der Waals surface area (Å²) in [5.74, 6) is -1.91. The quantitative estimate of drug-likeness (QED) is 0.883. The Morgan fingerprint density at radius 1 is 1.33 bits per heavy atom. The van der Waals surface area contributed by atoms with Crippen LogP contribution < -0.4 is 5.32 Å². The number of hydrogen-bond acceptors (Lipinski definition) is 3. The van der Waals surface area contributed by atoms with Crippen molar-refractivity contribution in [3.05, 3.63) is 36.0 Å². The van der Waals surface area contributed by atoms with E-state index in [1.165, 1.54) is 0 Å². The molecule has 1 fully saturated rings. The number of ether oxygens (including phenoxy) is 1. The zero-order valence-electron chi connectivity index (χ0n) is 11.6. The highest BCUT2D eigenvalue weighted by Crippen LogP contribution is 2.21. The van der Waals surface area contributed by atoms with Crippen LogP contribution in [0.2, 0.25) is 0 Å². The minimum atomic E-state index is -0.948. The molecule has 0 spiro atoms. The van der Waals surface area contributed by atoms with E-state index in [9.17, 15) is 9.59 Å². The second kappa shape index (κ2) is 5.21. The number of para-hydroxylation sites is 1. The monoisotopic (exact) mass is 288 g/mol. The van der Waals surface area contributed by atoms with E-state index >= 15 is 0 Å². The van der Waals surface area contributed by atoms with Crippen LogP contribution in [0.5, 0.6) is 0 Å². The van der Waals surface area contributed by atoms with Crippen molar-refractivity contribution in [2.75, 3.05) is 13.2 Å². The van der Waals surface area contributed by atoms with Gasteiger partial charge < -0.3 is 19.7 Å². The summed E-state index contributed by atoms with van der Waals surface area (Å²) in [6.07, 6.45) is 1.76. The van der Waals surface area contributed by atoms with Gasteiger partial charge in [-0.05, 0) is 6.07 Å². The van der Waals surface area contributed by atoms with E-state index in [0.29, 0.717) is 5.56 Å². The highest BCUT2D eigenvalue weighted by Gasteiger charge is 2.35. The number of carbonyl (C=O) groups is 2. The van der Waals surface area contributed by atoms with Gasteiger partial charge in [0.2, 0.25) is 0 Å². The smallest absolute Gasteiger partial charge is 0.311 e. The number of hydrogen-bond donors (Lipinski definition) is 2. The van der Waals surface area contributed by atoms with Gasteiger partial charge >= 0.3 is 5.97 Å². The predicted molar refractivity (Wildman–Crippen MR) is 76.1 cm³/mol. The minimum absolute atomic E-state index is 0.135. The van der Waals surface area contributed by atoms with Gasteiger partial charge in [0.1, 0.15) is 5.92 Å². The summed E-state index contributed by atoms with van der Waals surface area (Å²) in [5, 5.41) is 12.7. The number of carbonyl (C=O) groups excluding carboxylic acids is 1. The van der Waals surface area contributed by atoms with Gasteiger partial charge in [-0.3, -0.25) is 9.59 Å². The Morgan fingerprint density at radius 3 is 2.86 bits per heavy atom. The molecule has 110 valence electrons. The second-order valence-electron chi connectivity index (χ2n) is 5.23. The molecule has 2 unspecified atom stereocenters. The topological polar surface area (TPSA) is 80.6 Å². The molecular weight excluding hydrogens is 272 g/mol. The minimum Gasteiger partial charge on any atom is -0.481 e. The first-order chi connectivity index (χ1) is 10.1. The molecule has 1 aliphatic heterocycles. The first kappa shape index (κ1) is 13.6. The van der Waals surface area contributed by atoms with E-state index in [4.69, 9.17) is 9.84 Å². The molecule has 1 aromatic heterocycles. The molecule has 6 nitrogen and oxygen atoms in total. The molecule has 1 amide bonds. The van der Waals surface area contributed by atoms with E-state index < -0.39 is 17.9 Å². The molecule has 2 N–H and O–H groups in total. The van der Waals surface area contributed by atoms with E-state index in [-0.39, 0.29) is 19.1 Å². The summed E-state index contributed by atoms with van der Waals surface area (Å²) >= 11 is 0. The Labute approximate surface area is 121 Å². The largest absolute Gasteiger partial charge is 0.481 e. The van der Waals surface area contributed by atoms with Gasteiger partial charge in [0.25, 0.3) is 5.91 Å². The third kappa shape index (κ3) is 2.38. The van der Waals surface area contributed by atoms with Crippen LogP contribution in [0, 0.1) is 5.92 Å². The van der Waals surface area contributed by atoms with Crippen molar-refractivity contribution in [2.24, 2.45) is 13.0 Å². The number of carboxylic acid groups (broad SMARTS) is 1. The highest BCUT2D eigenvalue weighted by atomic mass is 16.5. The van der Waals surface area contributed by atoms with Crippen LogP contribution >= 0.6 is 0 Å². The number of aryl methyl sites for hydroxylation is 1. The fraction of sp³-hybridized carbons (Fsp3) is 0.333. The van der Waals surface area contributed by atoms with Crippen molar-refractivity contribution >= 4 is 22.8 Å². The fourth-order valence-corrected chi connectivity index (χ4v) is 2.71. The van der Waals surface area contributed by atoms with E-state index in [1.54, 1.807) is 6.20 Å². The number of aromatic nitrogens is 1. The number of benzene rings is 1. The number of amides is 1. The van der Waals surface area contributed by atoms with E-state index in [1.807, 2.05) is 35.9 Å². The van der Waals surface area contributed by atoms with Gasteiger partial charge in [-0.15, -0.1) is 0 Å². The van der Waals surface area contributed by atoms with E-state index in [0.717, 1.165) is 10.9 Å². The molecule has 6 heteroatoms. The first-order valence-corrected chi connectivity index (χ1v) is 6.73. The summed E-state index contributed by atoms with van der Waals surface area (Å²) in [6.45, 7) is 0.364. The molecule has 2 atom stereocenters. The summed E-state index contributed by atoms with van der Waals surface area (Å²) in [6, 6.07) is 7.11. The predicted octanol–water partition coefficient (Wildman–Crippen LogP) is 1.01. The third-order valence-electron chi connectivity index (χ3n) is 3.86. The molecule has 0 bridgehead atoms. The second-order valence-corrected chi connectivity index (χ2v) is 5.23. The van der Waals surface area contributed by atoms with Crippen molar-refractivity contribution in [1.29, 1.82) is 0 Å². The molecule has 21 heavy (non-hydrogen) atoms. The number of fused-ring (bicyclic) bond motifs is 1. The number of rotatable bonds is 3. The molecule has 2 aromatic rings. The lowest BCUT2D eigenvalue weighted by atomic mass is 10.0. The van der Waals surface area contributed by atoms with Gasteiger partial charge in [0, 0.05) is 24.1 Å². The van der Waals surface area contributed by atoms with Crippen LogP contribution in [0.25, 0.3) is 10.9 Å². The summed E-state index contributed by atoms with van der Waals surface area (Å²) < 4.78 is 7.04. The SMILES string of the molecule is Cn1cc(C(=O)NC2COCC2C(=O)O)c2ccccc21. The lowest BCUT2D eigenvalue weighted by Gasteiger charge is -2.15. The van der Waals surface area contributed by atoms with Crippen LogP contribution in [0.15, 0.2) is 30.5 Å². The van der Waals surface area contributed by atoms with Crippen LogP contribution in [-0.4, -0.2) is 40.8 Å². The molecule has 0 radical (unpaired) electrons. The Bertz CT molecular complexity index is 707. The number of nitrogens with zero attached hydrogens (tertiary/aromatic N) is 1. The number of aliphatic carboxylic acids is 1. The van der Waals surface area contributed by atoms with E-state index in [2.05, 4.69) is 5.32 Å². The van der Waals surface area contributed by atoms with Crippen LogP contribution in [0.3, 0.4) is 0 Å². The maximum atomic E-state index is 12.4. The van der Waals surface area contributed by atoms with Gasteiger partial charge in [0.15, 0.2) is 0 Å². The van der Waals surface area contributed by atoms with Crippen molar-refractivity contribution in [3.8, 4) is 0 Å². The Hall–Kier alpha value is -2.34. The van der Waals surface area contributed by atoms with Crippen molar-refractivity contribution in [2.45, 2.75) is 6.04 Å². The fourth-order valence-electron chi connectivity index (χ4n) is 2.71. The summed E-state index contributed by atoms with van der Waals surface area (Å²) in [4.78, 5) is 23.5. The Morgan fingerprint density at radius 2 is 2.10 bits per heavy atom. The van der Waals surface area contributed by atoms with Crippen LogP contribution in [-0.2, 0) is 16.6 Å². The van der Waals surface area contributed by atoms with Crippen molar-refractivity contribution < 1.29 is 19.4 Å². The van der Waals surface area contributed by atoms with Crippen molar-refractivity contribution in [3.63, 3.8) is 0 Å². The average Bonchev–Trinajstić information content (AvgIpc) is 3.04. The highest BCUT2D eigenvalue weighted by molar-refractivity contribution is 6.07. The lowest BCUT2D eigenvalue weighted by Crippen LogP contribution is -2.42. The molecule has 1 saturated heterocycles. The van der Waals surface area contributed by atoms with Gasteiger partial charge in [-0.1, -0.05) is 18.2 Å². The Balaban J connectivity index is 1.86. The molecule has 0 aliphatic carbocycles. The molecule has 1 aromatic carbocycles. The maximum Gasteiger partial charge on any atom is 0.311 e. The first-order valence-electron chi connectivity index (χ1n) is 6.73. The lowest BCUT2D eigenvalue weighted by molar-refractivity contribution is -0.142. The van der Waals surface area contributed by atoms with Gasteiger partial charge in [-0.2, -0.15) is 0 Å². The third-order valence-corrected chi connectivity index (χ3v) is 3.86. The number of nitrogens with one attached hydrogen (secondary N) is 1. The van der Waals surface area contributed by atoms with Crippen molar-refractivity contribution in [1.82, 2.24) is 9.88 Å². The summed E-state index contributed by atoms with van der Waals surface area (Å²) in [7, 11) is 1.87. The van der Waals surface area contributed by atoms with Gasteiger partial charge in [-0.25, -0.2) is 0 Å². The molecule has 1 aliphatic rings. The van der Waals surface area contributed by atoms with Gasteiger partial charge in [0.05, 0.1) is 24.8 Å².